The number of aliphatic hydroxyl groups is 1. The zero-order valence-electron chi connectivity index (χ0n) is 65.8. The molecule has 602 valence electrons. The Kier molecular flexibility index (Phi) is 73.5. The number of allylic oxidation sites excluding steroid dienone is 28. The summed E-state index contributed by atoms with van der Waals surface area (Å²) in [4.78, 5) is 73.0. The summed E-state index contributed by atoms with van der Waals surface area (Å²) in [7, 11) is -10.0. The second-order valence-corrected chi connectivity index (χ2v) is 29.1. The van der Waals surface area contributed by atoms with Gasteiger partial charge in [-0.2, -0.15) is 0 Å². The zero-order valence-corrected chi connectivity index (χ0v) is 67.6. The van der Waals surface area contributed by atoms with Gasteiger partial charge in [0.1, 0.15) is 19.3 Å². The predicted octanol–water partition coefficient (Wildman–Crippen LogP) is 23.8. The van der Waals surface area contributed by atoms with Crippen LogP contribution in [0.4, 0.5) is 0 Å². The van der Waals surface area contributed by atoms with Gasteiger partial charge in [-0.3, -0.25) is 37.3 Å². The number of phosphoric ester groups is 2. The number of unbranched alkanes of at least 4 members (excludes halogenated alkanes) is 20. The molecule has 19 heteroatoms. The van der Waals surface area contributed by atoms with E-state index in [2.05, 4.69) is 180 Å². The van der Waals surface area contributed by atoms with E-state index in [1.165, 1.54) is 19.3 Å². The molecule has 0 bridgehead atoms. The van der Waals surface area contributed by atoms with E-state index in [-0.39, 0.29) is 25.7 Å². The fraction of sp³-hybridized carbons (Fsp3) is 0.632. The van der Waals surface area contributed by atoms with Crippen LogP contribution in [0.3, 0.4) is 0 Å². The Morgan fingerprint density at radius 3 is 0.849 bits per heavy atom. The van der Waals surface area contributed by atoms with E-state index in [1.54, 1.807) is 0 Å². The van der Waals surface area contributed by atoms with Crippen LogP contribution in [0.2, 0.25) is 0 Å². The molecular weight excluding hydrogens is 1380 g/mol. The number of aliphatic hydroxyl groups excluding tert-OH is 1. The monoisotopic (exact) mass is 1520 g/mol. The highest BCUT2D eigenvalue weighted by Gasteiger charge is 2.30. The van der Waals surface area contributed by atoms with Crippen LogP contribution < -0.4 is 0 Å². The van der Waals surface area contributed by atoms with Crippen LogP contribution in [0.25, 0.3) is 0 Å². The van der Waals surface area contributed by atoms with E-state index in [1.807, 2.05) is 18.2 Å². The lowest BCUT2D eigenvalue weighted by molar-refractivity contribution is -0.161. The van der Waals surface area contributed by atoms with Crippen molar-refractivity contribution in [1.29, 1.82) is 0 Å². The molecule has 0 aromatic rings. The van der Waals surface area contributed by atoms with E-state index in [9.17, 15) is 43.2 Å². The summed E-state index contributed by atoms with van der Waals surface area (Å²) in [5, 5.41) is 10.6. The molecule has 0 spiro atoms. The standard InChI is InChI=1S/C87H142O17P2/c1-5-9-13-17-21-25-29-33-36-38-40-42-45-48-51-55-59-63-67-71-84(89)97-77-82(103-86(91)73-69-65-61-57-53-47-32-28-24-20-16-12-8-4)79-101-105(93,94)99-75-81(88)76-100-106(95,96)102-80-83(104-87(92)74-70-66-62-58-54-50-44-35-31-27-23-19-15-11-7-3)78-98-85(90)72-68-64-60-56-52-49-46-43-41-39-37-34-30-26-22-18-14-10-6-2/h9-10,13-14,16,20-23,25-28,32-37,40-44,48,51,59,63,81-83,88H,5-8,11-12,15,17-19,24,29-31,38-39,45-47,49-50,52-58,60-62,64-80H2,1-4H3,(H,93,94)(H,95,96)/b13-9-,14-10-,20-16-,25-21-,26-22-,27-23-,32-28-,36-33-,37-34-,42-40-,43-41-,44-35-,51-48-,63-59-. The van der Waals surface area contributed by atoms with Crippen LogP contribution in [0.1, 0.15) is 297 Å². The van der Waals surface area contributed by atoms with Gasteiger partial charge in [-0.15, -0.1) is 0 Å². The first-order valence-electron chi connectivity index (χ1n) is 40.4. The molecule has 0 heterocycles. The molecule has 0 aliphatic rings. The average molecular weight is 1520 g/mol. The SMILES string of the molecule is CC/C=C\C/C=C\C/C=C\C/C=C\C/C=C\C/C=C\CCC(=O)OCC(COP(=O)(O)OCC(O)COP(=O)(O)OCC(COC(=O)CCCCCCCC/C=C\C/C=C\C/C=C\C/C=C\CC)OC(=O)CCCCCCC/C=C\C/C=C\CCCCC)OC(=O)CCCCCCC/C=C\C/C=C\CCC. The number of carbonyl (C=O) groups is 4. The van der Waals surface area contributed by atoms with E-state index in [4.69, 9.17) is 37.0 Å². The number of ether oxygens (including phenoxy) is 4. The second kappa shape index (κ2) is 77.6. The third-order valence-electron chi connectivity index (χ3n) is 16.1. The average Bonchev–Trinajstić information content (AvgIpc) is 0.901. The Labute approximate surface area is 642 Å². The third kappa shape index (κ3) is 76.6. The maximum absolute atomic E-state index is 13.1. The van der Waals surface area contributed by atoms with Gasteiger partial charge in [0.05, 0.1) is 26.4 Å². The lowest BCUT2D eigenvalue weighted by Gasteiger charge is -2.21. The van der Waals surface area contributed by atoms with Gasteiger partial charge in [0.25, 0.3) is 0 Å². The molecule has 0 radical (unpaired) electrons. The number of esters is 4. The Morgan fingerprint density at radius 2 is 0.528 bits per heavy atom. The summed E-state index contributed by atoms with van der Waals surface area (Å²) in [6.07, 6.45) is 92.0. The summed E-state index contributed by atoms with van der Waals surface area (Å²) in [6.45, 7) is 4.41. The molecule has 0 amide bonds. The summed E-state index contributed by atoms with van der Waals surface area (Å²) < 4.78 is 68.5. The number of hydrogen-bond acceptors (Lipinski definition) is 15. The minimum absolute atomic E-state index is 0.0274. The van der Waals surface area contributed by atoms with Gasteiger partial charge >= 0.3 is 39.5 Å². The van der Waals surface area contributed by atoms with Crippen molar-refractivity contribution in [3.8, 4) is 0 Å². The Hall–Kier alpha value is -5.58. The van der Waals surface area contributed by atoms with Crippen LogP contribution in [-0.4, -0.2) is 96.7 Å². The van der Waals surface area contributed by atoms with Gasteiger partial charge in [0.15, 0.2) is 12.2 Å². The Bertz CT molecular complexity index is 2680. The van der Waals surface area contributed by atoms with Gasteiger partial charge in [0, 0.05) is 25.7 Å². The second-order valence-electron chi connectivity index (χ2n) is 26.2. The summed E-state index contributed by atoms with van der Waals surface area (Å²) >= 11 is 0. The Balaban J connectivity index is 5.45. The Morgan fingerprint density at radius 1 is 0.274 bits per heavy atom. The fourth-order valence-electron chi connectivity index (χ4n) is 10.1. The van der Waals surface area contributed by atoms with Crippen molar-refractivity contribution in [2.75, 3.05) is 39.6 Å². The van der Waals surface area contributed by atoms with E-state index >= 15 is 0 Å². The summed E-state index contributed by atoms with van der Waals surface area (Å²) in [6, 6.07) is 0. The van der Waals surface area contributed by atoms with Crippen molar-refractivity contribution in [2.24, 2.45) is 0 Å². The molecule has 5 atom stereocenters. The first kappa shape index (κ1) is 100. The van der Waals surface area contributed by atoms with Gasteiger partial charge in [-0.25, -0.2) is 9.13 Å². The van der Waals surface area contributed by atoms with Crippen molar-refractivity contribution in [3.63, 3.8) is 0 Å². The highest BCUT2D eigenvalue weighted by Crippen LogP contribution is 2.45. The number of phosphoric acid groups is 2. The smallest absolute Gasteiger partial charge is 0.462 e. The lowest BCUT2D eigenvalue weighted by atomic mass is 10.1. The van der Waals surface area contributed by atoms with Crippen molar-refractivity contribution in [1.82, 2.24) is 0 Å². The maximum atomic E-state index is 13.1. The quantitative estimate of drug-likeness (QED) is 0.0169. The maximum Gasteiger partial charge on any atom is 0.472 e. The van der Waals surface area contributed by atoms with E-state index in [0.29, 0.717) is 32.1 Å². The molecule has 0 aromatic heterocycles. The molecule has 0 fully saturated rings. The van der Waals surface area contributed by atoms with Gasteiger partial charge < -0.3 is 33.8 Å². The van der Waals surface area contributed by atoms with Gasteiger partial charge in [-0.05, 0) is 161 Å². The summed E-state index contributed by atoms with van der Waals surface area (Å²) in [5.41, 5.74) is 0. The van der Waals surface area contributed by atoms with Crippen LogP contribution in [0, 0.1) is 0 Å². The minimum Gasteiger partial charge on any atom is -0.462 e. The molecule has 0 aliphatic carbocycles. The van der Waals surface area contributed by atoms with Crippen molar-refractivity contribution in [3.05, 3.63) is 170 Å². The van der Waals surface area contributed by atoms with E-state index in [0.717, 1.165) is 193 Å². The van der Waals surface area contributed by atoms with Crippen LogP contribution >= 0.6 is 15.6 Å². The molecule has 0 saturated heterocycles. The largest absolute Gasteiger partial charge is 0.472 e. The van der Waals surface area contributed by atoms with Crippen molar-refractivity contribution >= 4 is 39.5 Å². The van der Waals surface area contributed by atoms with Crippen LogP contribution in [0.15, 0.2) is 170 Å². The molecule has 17 nitrogen and oxygen atoms in total. The summed E-state index contributed by atoms with van der Waals surface area (Å²) in [5.74, 6) is -2.33. The topological polar surface area (TPSA) is 237 Å². The molecule has 106 heavy (non-hydrogen) atoms. The van der Waals surface area contributed by atoms with Crippen molar-refractivity contribution in [2.45, 2.75) is 316 Å². The first-order chi connectivity index (χ1) is 51.7. The van der Waals surface area contributed by atoms with Crippen LogP contribution in [0.5, 0.6) is 0 Å². The molecule has 0 aromatic carbocycles. The van der Waals surface area contributed by atoms with Crippen molar-refractivity contribution < 1.29 is 80.2 Å². The third-order valence-corrected chi connectivity index (χ3v) is 18.0. The molecule has 0 rings (SSSR count). The van der Waals surface area contributed by atoms with Gasteiger partial charge in [-0.1, -0.05) is 281 Å². The number of hydrogen-bond donors (Lipinski definition) is 3. The molecular formula is C87H142O17P2. The molecule has 3 N–H and O–H groups in total. The van der Waals surface area contributed by atoms with E-state index < -0.39 is 97.5 Å². The molecule has 0 saturated carbocycles. The zero-order chi connectivity index (χ0) is 77.4. The fourth-order valence-corrected chi connectivity index (χ4v) is 11.6. The highest BCUT2D eigenvalue weighted by molar-refractivity contribution is 7.47. The van der Waals surface area contributed by atoms with Gasteiger partial charge in [0.2, 0.25) is 0 Å². The predicted molar refractivity (Wildman–Crippen MR) is 436 cm³/mol. The number of carbonyl (C=O) groups excluding carboxylic acids is 4. The lowest BCUT2D eigenvalue weighted by Crippen LogP contribution is -2.30. The van der Waals surface area contributed by atoms with Crippen LogP contribution in [-0.2, 0) is 65.4 Å². The molecule has 0 aliphatic heterocycles. The number of rotatable bonds is 74. The molecule has 5 unspecified atom stereocenters. The highest BCUT2D eigenvalue weighted by atomic mass is 31.2. The normalized spacial score (nSPS) is 14.7. The first-order valence-corrected chi connectivity index (χ1v) is 43.4. The minimum atomic E-state index is -5.01.